The fraction of sp³-hybridized carbons (Fsp3) is 0.0909. The van der Waals surface area contributed by atoms with Gasteiger partial charge < -0.3 is 5.73 Å². The number of halogens is 1. The summed E-state index contributed by atoms with van der Waals surface area (Å²) in [4.78, 5) is 1.26. The first kappa shape index (κ1) is 9.56. The molecule has 0 spiro atoms. The molecule has 0 fully saturated rings. The van der Waals surface area contributed by atoms with E-state index in [-0.39, 0.29) is 0 Å². The number of rotatable bonds is 2. The average Bonchev–Trinajstić information content (AvgIpc) is 2.51. The van der Waals surface area contributed by atoms with Crippen molar-refractivity contribution in [1.82, 2.24) is 0 Å². The molecule has 1 nitrogen and oxygen atoms in total. The van der Waals surface area contributed by atoms with Crippen molar-refractivity contribution in [2.45, 2.75) is 6.42 Å². The van der Waals surface area contributed by atoms with Gasteiger partial charge in [-0.05, 0) is 29.8 Å². The summed E-state index contributed by atoms with van der Waals surface area (Å²) in [6, 6.07) is 11.9. The van der Waals surface area contributed by atoms with Crippen LogP contribution in [0.25, 0.3) is 0 Å². The highest BCUT2D eigenvalue weighted by atomic mass is 35.5. The smallest absolute Gasteiger partial charge is 0.0931 e. The summed E-state index contributed by atoms with van der Waals surface area (Å²) in [6.07, 6.45) is 0.905. The van der Waals surface area contributed by atoms with Crippen LogP contribution in [0.3, 0.4) is 0 Å². The number of benzene rings is 1. The summed E-state index contributed by atoms with van der Waals surface area (Å²) in [5, 5.41) is 0. The standard InChI is InChI=1S/C11H10ClNS/c12-11-5-4-10(14-11)7-8-2-1-3-9(13)6-8/h1-6H,7,13H2. The van der Waals surface area contributed by atoms with Crippen molar-refractivity contribution in [3.8, 4) is 0 Å². The molecule has 0 radical (unpaired) electrons. The average molecular weight is 224 g/mol. The van der Waals surface area contributed by atoms with Crippen molar-refractivity contribution in [3.05, 3.63) is 51.2 Å². The minimum Gasteiger partial charge on any atom is -0.399 e. The molecule has 1 heterocycles. The number of nitrogens with two attached hydrogens (primary N) is 1. The molecule has 0 aliphatic heterocycles. The van der Waals surface area contributed by atoms with E-state index in [2.05, 4.69) is 12.1 Å². The maximum atomic E-state index is 5.85. The summed E-state index contributed by atoms with van der Waals surface area (Å²) >= 11 is 7.46. The van der Waals surface area contributed by atoms with Gasteiger partial charge in [-0.3, -0.25) is 0 Å². The molecule has 14 heavy (non-hydrogen) atoms. The van der Waals surface area contributed by atoms with Crippen molar-refractivity contribution in [1.29, 1.82) is 0 Å². The zero-order valence-electron chi connectivity index (χ0n) is 7.53. The molecule has 0 amide bonds. The third-order valence-electron chi connectivity index (χ3n) is 1.96. The third kappa shape index (κ3) is 2.28. The third-order valence-corrected chi connectivity index (χ3v) is 3.19. The fourth-order valence-electron chi connectivity index (χ4n) is 1.35. The van der Waals surface area contributed by atoms with Crippen molar-refractivity contribution in [2.75, 3.05) is 5.73 Å². The van der Waals surface area contributed by atoms with Gasteiger partial charge in [-0.1, -0.05) is 23.7 Å². The summed E-state index contributed by atoms with van der Waals surface area (Å²) in [5.41, 5.74) is 7.73. The molecule has 0 saturated carbocycles. The van der Waals surface area contributed by atoms with Crippen LogP contribution in [0.2, 0.25) is 4.34 Å². The van der Waals surface area contributed by atoms with E-state index in [4.69, 9.17) is 17.3 Å². The van der Waals surface area contributed by atoms with E-state index in [1.54, 1.807) is 11.3 Å². The van der Waals surface area contributed by atoms with Crippen LogP contribution in [0.1, 0.15) is 10.4 Å². The predicted octanol–water partition coefficient (Wildman–Crippen LogP) is 3.57. The lowest BCUT2D eigenvalue weighted by Gasteiger charge is -1.99. The first-order valence-electron chi connectivity index (χ1n) is 4.33. The van der Waals surface area contributed by atoms with Gasteiger partial charge in [0.05, 0.1) is 4.34 Å². The maximum Gasteiger partial charge on any atom is 0.0931 e. The number of thiophene rings is 1. The predicted molar refractivity (Wildman–Crippen MR) is 63.0 cm³/mol. The van der Waals surface area contributed by atoms with Crippen LogP contribution in [0.5, 0.6) is 0 Å². The minimum atomic E-state index is 0.810. The lowest BCUT2D eigenvalue weighted by Crippen LogP contribution is -1.88. The van der Waals surface area contributed by atoms with Gasteiger partial charge >= 0.3 is 0 Å². The normalized spacial score (nSPS) is 10.4. The molecule has 1 aromatic carbocycles. The van der Waals surface area contributed by atoms with E-state index in [1.165, 1.54) is 10.4 Å². The second kappa shape index (κ2) is 4.03. The van der Waals surface area contributed by atoms with Gasteiger partial charge in [-0.25, -0.2) is 0 Å². The molecule has 0 saturated heterocycles. The first-order valence-corrected chi connectivity index (χ1v) is 5.52. The van der Waals surface area contributed by atoms with Crippen molar-refractivity contribution < 1.29 is 0 Å². The number of nitrogen functional groups attached to an aromatic ring is 1. The molecule has 0 atom stereocenters. The second-order valence-electron chi connectivity index (χ2n) is 3.13. The Labute approximate surface area is 92.1 Å². The molecule has 0 aliphatic carbocycles. The van der Waals surface area contributed by atoms with Gasteiger partial charge in [0.25, 0.3) is 0 Å². The van der Waals surface area contributed by atoms with E-state index in [9.17, 15) is 0 Å². The van der Waals surface area contributed by atoms with Crippen LogP contribution < -0.4 is 5.73 Å². The zero-order chi connectivity index (χ0) is 9.97. The van der Waals surface area contributed by atoms with Crippen LogP contribution >= 0.6 is 22.9 Å². The minimum absolute atomic E-state index is 0.810. The quantitative estimate of drug-likeness (QED) is 0.774. The van der Waals surface area contributed by atoms with Gasteiger partial charge in [0.15, 0.2) is 0 Å². The van der Waals surface area contributed by atoms with Gasteiger partial charge in [-0.15, -0.1) is 11.3 Å². The topological polar surface area (TPSA) is 26.0 Å². The highest BCUT2D eigenvalue weighted by Gasteiger charge is 1.99. The molecule has 3 heteroatoms. The van der Waals surface area contributed by atoms with Gasteiger partial charge in [0.1, 0.15) is 0 Å². The Hall–Kier alpha value is -0.990. The Morgan fingerprint density at radius 3 is 2.71 bits per heavy atom. The van der Waals surface area contributed by atoms with E-state index < -0.39 is 0 Å². The Morgan fingerprint density at radius 2 is 2.07 bits per heavy atom. The van der Waals surface area contributed by atoms with Gasteiger partial charge in [0, 0.05) is 17.0 Å². The van der Waals surface area contributed by atoms with Crippen LogP contribution in [0.4, 0.5) is 5.69 Å². The summed E-state index contributed by atoms with van der Waals surface area (Å²) in [7, 11) is 0. The largest absolute Gasteiger partial charge is 0.399 e. The zero-order valence-corrected chi connectivity index (χ0v) is 9.11. The molecule has 0 aliphatic rings. The maximum absolute atomic E-state index is 5.85. The lowest BCUT2D eigenvalue weighted by molar-refractivity contribution is 1.24. The molecule has 2 N–H and O–H groups in total. The summed E-state index contributed by atoms with van der Waals surface area (Å²) in [5.74, 6) is 0. The molecule has 1 aromatic heterocycles. The van der Waals surface area contributed by atoms with Crippen LogP contribution in [-0.4, -0.2) is 0 Å². The van der Waals surface area contributed by atoms with Crippen LogP contribution in [-0.2, 0) is 6.42 Å². The van der Waals surface area contributed by atoms with Crippen molar-refractivity contribution >= 4 is 28.6 Å². The van der Waals surface area contributed by atoms with E-state index in [1.807, 2.05) is 24.3 Å². The molecule has 0 bridgehead atoms. The Kier molecular flexibility index (Phi) is 2.75. The van der Waals surface area contributed by atoms with Crippen molar-refractivity contribution in [2.24, 2.45) is 0 Å². The second-order valence-corrected chi connectivity index (χ2v) is 4.93. The summed E-state index contributed by atoms with van der Waals surface area (Å²) in [6.45, 7) is 0. The SMILES string of the molecule is Nc1cccc(Cc2ccc(Cl)s2)c1. The summed E-state index contributed by atoms with van der Waals surface area (Å²) < 4.78 is 0.837. The Morgan fingerprint density at radius 1 is 1.21 bits per heavy atom. The Balaban J connectivity index is 2.18. The Bertz CT molecular complexity index is 436. The molecule has 2 rings (SSSR count). The number of hydrogen-bond acceptors (Lipinski definition) is 2. The molecule has 0 unspecified atom stereocenters. The van der Waals surface area contributed by atoms with Gasteiger partial charge in [-0.2, -0.15) is 0 Å². The van der Waals surface area contributed by atoms with Crippen LogP contribution in [0.15, 0.2) is 36.4 Å². The van der Waals surface area contributed by atoms with E-state index in [0.29, 0.717) is 0 Å². The highest BCUT2D eigenvalue weighted by molar-refractivity contribution is 7.16. The van der Waals surface area contributed by atoms with Gasteiger partial charge in [0.2, 0.25) is 0 Å². The molecular weight excluding hydrogens is 214 g/mol. The molecule has 72 valence electrons. The number of anilines is 1. The van der Waals surface area contributed by atoms with E-state index in [0.717, 1.165) is 16.4 Å². The number of hydrogen-bond donors (Lipinski definition) is 1. The lowest BCUT2D eigenvalue weighted by atomic mass is 10.1. The van der Waals surface area contributed by atoms with E-state index >= 15 is 0 Å². The van der Waals surface area contributed by atoms with Crippen molar-refractivity contribution in [3.63, 3.8) is 0 Å². The first-order chi connectivity index (χ1) is 6.74. The monoisotopic (exact) mass is 223 g/mol. The highest BCUT2D eigenvalue weighted by Crippen LogP contribution is 2.24. The fourth-order valence-corrected chi connectivity index (χ4v) is 2.47. The van der Waals surface area contributed by atoms with Crippen LogP contribution in [0, 0.1) is 0 Å². The molecular formula is C11H10ClNS. The molecule has 2 aromatic rings.